The molecule has 1 atom stereocenters. The smallest absolute Gasteiger partial charge is 0.305 e. The highest BCUT2D eigenvalue weighted by Crippen LogP contribution is 2.26. The van der Waals surface area contributed by atoms with E-state index >= 15 is 0 Å². The molecule has 2 N–H and O–H groups in total. The number of amides is 2. The molecule has 160 valence electrons. The molecule has 0 saturated heterocycles. The first-order chi connectivity index (χ1) is 14.8. The van der Waals surface area contributed by atoms with Crippen LogP contribution in [0.25, 0.3) is 10.2 Å². The van der Waals surface area contributed by atoms with Crippen LogP contribution in [-0.2, 0) is 22.7 Å². The summed E-state index contributed by atoms with van der Waals surface area (Å²) in [6.45, 7) is 0.687. The van der Waals surface area contributed by atoms with Crippen LogP contribution in [0.1, 0.15) is 27.3 Å². The number of aliphatic carboxylic acids is 1. The number of carbonyl (C=O) groups excluding carboxylic acids is 2. The van der Waals surface area contributed by atoms with Crippen molar-refractivity contribution in [1.82, 2.24) is 14.8 Å². The van der Waals surface area contributed by atoms with E-state index in [1.54, 1.807) is 48.5 Å². The molecule has 3 aromatic rings. The summed E-state index contributed by atoms with van der Waals surface area (Å²) in [5.41, 5.74) is 2.85. The number of carbonyl (C=O) groups is 3. The number of benzene rings is 2. The van der Waals surface area contributed by atoms with Crippen molar-refractivity contribution in [2.24, 2.45) is 0 Å². The maximum absolute atomic E-state index is 13.0. The van der Waals surface area contributed by atoms with Gasteiger partial charge >= 0.3 is 5.97 Å². The summed E-state index contributed by atoms with van der Waals surface area (Å²) in [7, 11) is 3.36. The van der Waals surface area contributed by atoms with E-state index in [1.807, 2.05) is 24.3 Å². The lowest BCUT2D eigenvalue weighted by Gasteiger charge is -2.19. The predicted octanol–water partition coefficient (Wildman–Crippen LogP) is 2.80. The van der Waals surface area contributed by atoms with Gasteiger partial charge in [0.25, 0.3) is 5.91 Å². The number of thiazole rings is 1. The highest BCUT2D eigenvalue weighted by atomic mass is 32.1. The Bertz CT molecular complexity index is 1140. The topological polar surface area (TPSA) is 103 Å². The minimum atomic E-state index is -1.05. The number of fused-ring (bicyclic) bond motifs is 2. The Hall–Kier alpha value is -3.46. The SMILES string of the molecule is CN(Cc1nc2ccccc2s1)C(=O)c1ccc2c(c1)CN(C)C(=O)C(CC(=O)O)N2. The summed E-state index contributed by atoms with van der Waals surface area (Å²) in [6, 6.07) is 12.2. The Kier molecular flexibility index (Phi) is 5.60. The summed E-state index contributed by atoms with van der Waals surface area (Å²) in [6.07, 6.45) is -0.311. The number of hydrogen-bond donors (Lipinski definition) is 2. The Labute approximate surface area is 183 Å². The van der Waals surface area contributed by atoms with Crippen LogP contribution in [0.2, 0.25) is 0 Å². The molecule has 0 saturated carbocycles. The van der Waals surface area contributed by atoms with Crippen LogP contribution in [0.4, 0.5) is 5.69 Å². The third-order valence-corrected chi connectivity index (χ3v) is 6.22. The van der Waals surface area contributed by atoms with E-state index in [4.69, 9.17) is 5.11 Å². The second kappa shape index (κ2) is 8.35. The lowest BCUT2D eigenvalue weighted by Crippen LogP contribution is -2.39. The molecule has 8 nitrogen and oxygen atoms in total. The van der Waals surface area contributed by atoms with Crippen LogP contribution in [0.15, 0.2) is 42.5 Å². The number of nitrogens with one attached hydrogen (secondary N) is 1. The van der Waals surface area contributed by atoms with Crippen LogP contribution < -0.4 is 5.32 Å². The van der Waals surface area contributed by atoms with E-state index in [1.165, 1.54) is 4.90 Å². The van der Waals surface area contributed by atoms with Crippen molar-refractivity contribution in [3.63, 3.8) is 0 Å². The zero-order valence-corrected chi connectivity index (χ0v) is 18.0. The van der Waals surface area contributed by atoms with Gasteiger partial charge in [0.1, 0.15) is 11.0 Å². The van der Waals surface area contributed by atoms with Gasteiger partial charge in [0.2, 0.25) is 5.91 Å². The van der Waals surface area contributed by atoms with Gasteiger partial charge < -0.3 is 20.2 Å². The number of nitrogens with zero attached hydrogens (tertiary/aromatic N) is 3. The zero-order valence-electron chi connectivity index (χ0n) is 17.2. The third kappa shape index (κ3) is 4.36. The van der Waals surface area contributed by atoms with Crippen LogP contribution in [0.5, 0.6) is 0 Å². The van der Waals surface area contributed by atoms with Crippen LogP contribution in [0.3, 0.4) is 0 Å². The number of para-hydroxylation sites is 1. The summed E-state index contributed by atoms with van der Waals surface area (Å²) in [5.74, 6) is -1.49. The normalized spacial score (nSPS) is 15.9. The first-order valence-corrected chi connectivity index (χ1v) is 10.6. The molecular formula is C22H22N4O4S. The standard InChI is InChI=1S/C22H22N4O4S/c1-25-11-14-9-13(7-8-15(14)23-17(22(25)30)10-20(27)28)21(29)26(2)12-19-24-16-5-3-4-6-18(16)31-19/h3-9,17,23H,10-12H2,1-2H3,(H,27,28). The van der Waals surface area contributed by atoms with E-state index in [0.29, 0.717) is 24.3 Å². The fourth-order valence-electron chi connectivity index (χ4n) is 3.64. The van der Waals surface area contributed by atoms with Crippen molar-refractivity contribution >= 4 is 45.0 Å². The second-order valence-electron chi connectivity index (χ2n) is 7.60. The molecule has 0 aliphatic carbocycles. The number of rotatable bonds is 5. The van der Waals surface area contributed by atoms with Crippen molar-refractivity contribution in [1.29, 1.82) is 0 Å². The summed E-state index contributed by atoms with van der Waals surface area (Å²) < 4.78 is 1.08. The first-order valence-electron chi connectivity index (χ1n) is 9.78. The molecule has 0 spiro atoms. The summed E-state index contributed by atoms with van der Waals surface area (Å²) in [4.78, 5) is 44.3. The van der Waals surface area contributed by atoms with Crippen molar-refractivity contribution in [2.45, 2.75) is 25.6 Å². The Morgan fingerprint density at radius 3 is 2.81 bits per heavy atom. The average Bonchev–Trinajstić information content (AvgIpc) is 3.10. The van der Waals surface area contributed by atoms with Crippen molar-refractivity contribution in [2.75, 3.05) is 19.4 Å². The third-order valence-electron chi connectivity index (χ3n) is 5.20. The van der Waals surface area contributed by atoms with Gasteiger partial charge in [-0.05, 0) is 35.9 Å². The van der Waals surface area contributed by atoms with Gasteiger partial charge in [-0.25, -0.2) is 4.98 Å². The van der Waals surface area contributed by atoms with E-state index in [0.717, 1.165) is 20.8 Å². The molecule has 1 unspecified atom stereocenters. The molecule has 2 aromatic carbocycles. The summed E-state index contributed by atoms with van der Waals surface area (Å²) >= 11 is 1.56. The van der Waals surface area contributed by atoms with E-state index < -0.39 is 12.0 Å². The van der Waals surface area contributed by atoms with Crippen molar-refractivity contribution in [3.8, 4) is 0 Å². The molecule has 1 aromatic heterocycles. The second-order valence-corrected chi connectivity index (χ2v) is 8.71. The van der Waals surface area contributed by atoms with Gasteiger partial charge in [-0.2, -0.15) is 0 Å². The van der Waals surface area contributed by atoms with Gasteiger partial charge in [0, 0.05) is 31.9 Å². The monoisotopic (exact) mass is 438 g/mol. The van der Waals surface area contributed by atoms with Gasteiger partial charge in [-0.3, -0.25) is 14.4 Å². The van der Waals surface area contributed by atoms with E-state index in [9.17, 15) is 14.4 Å². The van der Waals surface area contributed by atoms with E-state index in [-0.39, 0.29) is 18.2 Å². The minimum absolute atomic E-state index is 0.151. The number of aromatic nitrogens is 1. The highest BCUT2D eigenvalue weighted by molar-refractivity contribution is 7.18. The maximum Gasteiger partial charge on any atom is 0.305 e. The number of likely N-dealkylation sites (N-methyl/N-ethyl adjacent to an activating group) is 1. The van der Waals surface area contributed by atoms with Gasteiger partial charge in [-0.15, -0.1) is 11.3 Å². The van der Waals surface area contributed by atoms with Crippen molar-refractivity contribution < 1.29 is 19.5 Å². The Morgan fingerprint density at radius 2 is 2.06 bits per heavy atom. The fourth-order valence-corrected chi connectivity index (χ4v) is 4.66. The maximum atomic E-state index is 13.0. The Morgan fingerprint density at radius 1 is 1.29 bits per heavy atom. The fraction of sp³-hybridized carbons (Fsp3) is 0.273. The predicted molar refractivity (Wildman–Crippen MR) is 118 cm³/mol. The molecule has 31 heavy (non-hydrogen) atoms. The average molecular weight is 439 g/mol. The molecule has 1 aliphatic heterocycles. The van der Waals surface area contributed by atoms with Crippen molar-refractivity contribution in [3.05, 3.63) is 58.6 Å². The molecule has 0 bridgehead atoms. The molecule has 4 rings (SSSR count). The number of carboxylic acids is 1. The molecule has 0 radical (unpaired) electrons. The lowest BCUT2D eigenvalue weighted by atomic mass is 10.1. The number of hydrogen-bond acceptors (Lipinski definition) is 6. The van der Waals surface area contributed by atoms with Gasteiger partial charge in [0.05, 0.1) is 23.2 Å². The largest absolute Gasteiger partial charge is 0.481 e. The molecule has 2 amide bonds. The number of carboxylic acid groups (broad SMARTS) is 1. The minimum Gasteiger partial charge on any atom is -0.481 e. The summed E-state index contributed by atoms with van der Waals surface area (Å²) in [5, 5.41) is 13.0. The van der Waals surface area contributed by atoms with Crippen LogP contribution >= 0.6 is 11.3 Å². The molecule has 1 aliphatic rings. The quantitative estimate of drug-likeness (QED) is 0.635. The van der Waals surface area contributed by atoms with Crippen LogP contribution in [-0.4, -0.2) is 57.8 Å². The van der Waals surface area contributed by atoms with Gasteiger partial charge in [0.15, 0.2) is 0 Å². The van der Waals surface area contributed by atoms with Gasteiger partial charge in [-0.1, -0.05) is 12.1 Å². The molecule has 2 heterocycles. The molecule has 9 heteroatoms. The highest BCUT2D eigenvalue weighted by Gasteiger charge is 2.29. The van der Waals surface area contributed by atoms with Crippen LogP contribution in [0, 0.1) is 0 Å². The molecule has 0 fully saturated rings. The first kappa shape index (κ1) is 20.8. The zero-order chi connectivity index (χ0) is 22.1. The van der Waals surface area contributed by atoms with E-state index in [2.05, 4.69) is 10.3 Å². The number of anilines is 1. The molecular weight excluding hydrogens is 416 g/mol. The lowest BCUT2D eigenvalue weighted by molar-refractivity contribution is -0.141. The Balaban J connectivity index is 1.53.